The number of aliphatic hydroxyl groups excluding tert-OH is 1. The summed E-state index contributed by atoms with van der Waals surface area (Å²) >= 11 is 0. The van der Waals surface area contributed by atoms with E-state index in [4.69, 9.17) is 29.4 Å². The summed E-state index contributed by atoms with van der Waals surface area (Å²) in [6.45, 7) is 14.2. The summed E-state index contributed by atoms with van der Waals surface area (Å²) in [6.07, 6.45) is 2.42. The average Bonchev–Trinajstić information content (AvgIpc) is 3.22. The highest BCUT2D eigenvalue weighted by Crippen LogP contribution is 2.39. The molecule has 0 aromatic rings. The summed E-state index contributed by atoms with van der Waals surface area (Å²) in [5, 5.41) is 23.8. The van der Waals surface area contributed by atoms with Crippen molar-refractivity contribution in [2.24, 2.45) is 35.3 Å². The second kappa shape index (κ2) is 21.9. The molecule has 3 heterocycles. The first-order valence-corrected chi connectivity index (χ1v) is 22.0. The second-order valence-corrected chi connectivity index (χ2v) is 18.3. The predicted molar refractivity (Wildman–Crippen MR) is 224 cm³/mol. The molecule has 1 amide bonds. The Hall–Kier alpha value is -3.01. The summed E-state index contributed by atoms with van der Waals surface area (Å²) in [4.78, 5) is 57.9. The maximum absolute atomic E-state index is 16.3. The predicted octanol–water partition coefficient (Wildman–Crippen LogP) is 5.68. The molecule has 0 aromatic carbocycles. The number of hydrogen-bond donors (Lipinski definition) is 3. The zero-order valence-corrected chi connectivity index (χ0v) is 37.6. The summed E-state index contributed by atoms with van der Waals surface area (Å²) in [5.74, 6) is -8.99. The Bertz CT molecular complexity index is 1600. The number of halogens is 1. The molecular weight excluding hydrogens is 776 g/mol. The van der Waals surface area contributed by atoms with E-state index in [1.165, 1.54) is 14.2 Å². The van der Waals surface area contributed by atoms with Crippen LogP contribution in [0.5, 0.6) is 0 Å². The molecule has 2 saturated heterocycles. The monoisotopic (exact) mass is 849 g/mol. The topological polar surface area (TPSA) is 184 Å². The van der Waals surface area contributed by atoms with Crippen molar-refractivity contribution >= 4 is 23.4 Å². The van der Waals surface area contributed by atoms with Gasteiger partial charge in [-0.2, -0.15) is 0 Å². The second-order valence-electron chi connectivity index (χ2n) is 18.3. The van der Waals surface area contributed by atoms with Gasteiger partial charge in [-0.3, -0.25) is 14.4 Å². The summed E-state index contributed by atoms with van der Waals surface area (Å²) in [6, 6.07) is -1.33. The number of alkyl halides is 1. The van der Waals surface area contributed by atoms with Crippen LogP contribution in [0.25, 0.3) is 0 Å². The Kier molecular flexibility index (Phi) is 18.1. The van der Waals surface area contributed by atoms with Gasteiger partial charge in [0.25, 0.3) is 11.7 Å². The number of fused-ring (bicyclic) bond motifs is 3. The molecule has 0 aromatic heterocycles. The van der Waals surface area contributed by atoms with E-state index >= 15 is 4.39 Å². The van der Waals surface area contributed by atoms with Gasteiger partial charge in [0.05, 0.1) is 24.6 Å². The Morgan fingerprint density at radius 2 is 1.67 bits per heavy atom. The van der Waals surface area contributed by atoms with E-state index in [9.17, 15) is 29.4 Å². The lowest BCUT2D eigenvalue weighted by Gasteiger charge is -2.47. The number of nitrogens with two attached hydrogens (primary N) is 1. The normalized spacial score (nSPS) is 39.8. The molecule has 4 rings (SSSR count). The maximum Gasteiger partial charge on any atom is 0.329 e. The van der Waals surface area contributed by atoms with Crippen LogP contribution in [0.4, 0.5) is 4.39 Å². The number of Topliss-reactive ketones (excluding diaryl/α,β-unsaturated/α-hetero) is 2. The third kappa shape index (κ3) is 11.7. The molecule has 60 heavy (non-hydrogen) atoms. The Morgan fingerprint density at radius 1 is 1.00 bits per heavy atom. The molecule has 15 unspecified atom stereocenters. The first-order valence-electron chi connectivity index (χ1n) is 22.0. The van der Waals surface area contributed by atoms with Crippen LogP contribution in [-0.4, -0.2) is 120 Å². The van der Waals surface area contributed by atoms with Gasteiger partial charge in [-0.15, -0.1) is 0 Å². The number of methoxy groups -OCH3 is 2. The smallest absolute Gasteiger partial charge is 0.329 e. The first-order chi connectivity index (χ1) is 28.3. The number of allylic oxidation sites excluding steroid dienone is 4. The fourth-order valence-corrected chi connectivity index (χ4v) is 9.46. The van der Waals surface area contributed by atoms with Crippen LogP contribution in [0.3, 0.4) is 0 Å². The Balaban J connectivity index is 1.78. The van der Waals surface area contributed by atoms with Gasteiger partial charge < -0.3 is 44.5 Å². The SMILES string of the molecule is CCC1C=C(C)C(F)C(C)CC(OC)C2OC(O)(C(=O)C(=O)N3CCCCC3C(=O)OC(C(C)=CC3CCC(N)C(OC=C(C)C)C3)C(C)C(O)CC1=O)C(C)CC2OC. The van der Waals surface area contributed by atoms with Crippen molar-refractivity contribution in [3.8, 4) is 0 Å². The van der Waals surface area contributed by atoms with Crippen LogP contribution in [0.2, 0.25) is 0 Å². The van der Waals surface area contributed by atoms with Gasteiger partial charge in [0.2, 0.25) is 5.79 Å². The highest BCUT2D eigenvalue weighted by molar-refractivity contribution is 6.39. The van der Waals surface area contributed by atoms with E-state index in [0.29, 0.717) is 43.3 Å². The zero-order chi connectivity index (χ0) is 44.6. The van der Waals surface area contributed by atoms with Gasteiger partial charge in [0.1, 0.15) is 36.3 Å². The van der Waals surface area contributed by atoms with Crippen molar-refractivity contribution in [3.63, 3.8) is 0 Å². The number of cyclic esters (lactones) is 1. The van der Waals surface area contributed by atoms with Crippen molar-refractivity contribution in [2.45, 2.75) is 180 Å². The minimum absolute atomic E-state index is 0.00615. The lowest BCUT2D eigenvalue weighted by molar-refractivity contribution is -0.302. The number of hydrogen-bond acceptors (Lipinski definition) is 12. The van der Waals surface area contributed by atoms with Crippen LogP contribution in [0, 0.1) is 29.6 Å². The molecule has 4 N–H and O–H groups in total. The number of ether oxygens (including phenoxy) is 5. The molecule has 2 bridgehead atoms. The lowest BCUT2D eigenvalue weighted by Crippen LogP contribution is -2.64. The fourth-order valence-electron chi connectivity index (χ4n) is 9.46. The van der Waals surface area contributed by atoms with E-state index in [-0.39, 0.29) is 56.1 Å². The van der Waals surface area contributed by atoms with Crippen LogP contribution < -0.4 is 5.73 Å². The number of carbonyl (C=O) groups excluding carboxylic acids is 4. The van der Waals surface area contributed by atoms with Gasteiger partial charge in [0, 0.05) is 51.0 Å². The van der Waals surface area contributed by atoms with Gasteiger partial charge in [-0.05, 0) is 114 Å². The molecule has 13 nitrogen and oxygen atoms in total. The molecule has 0 spiro atoms. The summed E-state index contributed by atoms with van der Waals surface area (Å²) in [5.41, 5.74) is 8.42. The van der Waals surface area contributed by atoms with E-state index in [1.54, 1.807) is 40.0 Å². The number of aliphatic hydroxyl groups is 2. The van der Waals surface area contributed by atoms with Crippen LogP contribution in [0.1, 0.15) is 120 Å². The molecule has 3 fully saturated rings. The van der Waals surface area contributed by atoms with Crippen molar-refractivity contribution in [1.29, 1.82) is 0 Å². The van der Waals surface area contributed by atoms with Crippen LogP contribution in [0.15, 0.2) is 35.1 Å². The van der Waals surface area contributed by atoms with Crippen molar-refractivity contribution in [2.75, 3.05) is 20.8 Å². The Morgan fingerprint density at radius 3 is 2.30 bits per heavy atom. The van der Waals surface area contributed by atoms with Crippen LogP contribution >= 0.6 is 0 Å². The van der Waals surface area contributed by atoms with Crippen LogP contribution in [-0.2, 0) is 42.9 Å². The minimum atomic E-state index is -2.60. The number of rotatable bonds is 7. The number of ketones is 2. The first kappa shape index (κ1) is 49.6. The van der Waals surface area contributed by atoms with Gasteiger partial charge >= 0.3 is 5.97 Å². The standard InChI is InChI=1S/C46H73FN2O11/c1-11-32-19-26(4)40(47)27(5)20-38(56-9)42-39(57-10)21-29(7)46(55,60-42)43(52)44(53)49-17-13-12-14-34(49)45(54)59-41(30(8)35(50)23-36(32)51)28(6)18-31-15-16-33(48)37(22-31)58-24-25(2)3/h18-19,24,27,29-35,37-42,50,55H,11-17,20-23,48H2,1-10H3. The zero-order valence-electron chi connectivity index (χ0n) is 37.6. The van der Waals surface area contributed by atoms with E-state index < -0.39 is 89.9 Å². The van der Waals surface area contributed by atoms with Crippen molar-refractivity contribution in [1.82, 2.24) is 4.90 Å². The molecule has 0 radical (unpaired) electrons. The number of carbonyl (C=O) groups is 4. The van der Waals surface area contributed by atoms with E-state index in [1.807, 2.05) is 33.8 Å². The third-order valence-corrected chi connectivity index (χ3v) is 13.4. The van der Waals surface area contributed by atoms with Gasteiger partial charge in [-0.1, -0.05) is 39.8 Å². The quantitative estimate of drug-likeness (QED) is 0.124. The molecule has 1 saturated carbocycles. The Labute approximate surface area is 356 Å². The summed E-state index contributed by atoms with van der Waals surface area (Å²) < 4.78 is 46.3. The molecule has 15 atom stereocenters. The fraction of sp³-hybridized carbons (Fsp3) is 0.783. The van der Waals surface area contributed by atoms with Gasteiger partial charge in [-0.25, -0.2) is 9.18 Å². The minimum Gasteiger partial charge on any atom is -0.496 e. The largest absolute Gasteiger partial charge is 0.496 e. The highest BCUT2D eigenvalue weighted by atomic mass is 19.1. The highest BCUT2D eigenvalue weighted by Gasteiger charge is 2.57. The number of piperidine rings is 1. The van der Waals surface area contributed by atoms with Crippen molar-refractivity contribution < 1.29 is 57.5 Å². The van der Waals surface area contributed by atoms with E-state index in [2.05, 4.69) is 0 Å². The number of nitrogens with zero attached hydrogens (tertiary/aromatic N) is 1. The molecular formula is C46H73FN2O11. The lowest BCUT2D eigenvalue weighted by atomic mass is 9.81. The third-order valence-electron chi connectivity index (χ3n) is 13.4. The summed E-state index contributed by atoms with van der Waals surface area (Å²) in [7, 11) is 2.89. The molecule has 1 aliphatic carbocycles. The van der Waals surface area contributed by atoms with Gasteiger partial charge in [0.15, 0.2) is 0 Å². The molecule has 14 heteroatoms. The van der Waals surface area contributed by atoms with E-state index in [0.717, 1.165) is 16.9 Å². The number of amides is 1. The molecule has 3 aliphatic heterocycles. The molecule has 4 aliphatic rings. The maximum atomic E-state index is 16.3. The molecule has 340 valence electrons. The van der Waals surface area contributed by atoms with Crippen molar-refractivity contribution in [3.05, 3.63) is 35.1 Å². The average molecular weight is 849 g/mol. The number of esters is 1.